The molecule has 0 spiro atoms. The summed E-state index contributed by atoms with van der Waals surface area (Å²) < 4.78 is 0. The zero-order valence-electron chi connectivity index (χ0n) is 14.7. The zero-order valence-corrected chi connectivity index (χ0v) is 16.3. The van der Waals surface area contributed by atoms with Gasteiger partial charge in [0.15, 0.2) is 5.78 Å². The molecule has 0 aliphatic heterocycles. The highest BCUT2D eigenvalue weighted by atomic mass is 79.9. The number of alkyl halides is 1. The van der Waals surface area contributed by atoms with E-state index in [1.165, 1.54) is 6.42 Å². The normalized spacial score (nSPS) is 32.6. The number of fused-ring (bicyclic) bond motifs is 3. The summed E-state index contributed by atoms with van der Waals surface area (Å²) in [5.74, 6) is 0.819. The van der Waals surface area contributed by atoms with Crippen molar-refractivity contribution < 1.29 is 9.90 Å². The Morgan fingerprint density at radius 3 is 2.48 bits per heavy atom. The Balaban J connectivity index is 2.32. The lowest BCUT2D eigenvalue weighted by Gasteiger charge is -2.56. The SMILES string of the molecule is CC(C)c1c(O)ccc2c1C(=O)C(Br)C1C(C)(C)CCCC21C. The number of ketones is 1. The van der Waals surface area contributed by atoms with E-state index in [-0.39, 0.29) is 39.0 Å². The van der Waals surface area contributed by atoms with Gasteiger partial charge in [0.25, 0.3) is 0 Å². The molecule has 0 amide bonds. The van der Waals surface area contributed by atoms with E-state index in [0.717, 1.165) is 29.5 Å². The first-order chi connectivity index (χ1) is 10.6. The molecule has 0 saturated heterocycles. The van der Waals surface area contributed by atoms with E-state index < -0.39 is 0 Å². The molecule has 3 heteroatoms. The van der Waals surface area contributed by atoms with Crippen LogP contribution in [0.25, 0.3) is 0 Å². The monoisotopic (exact) mass is 378 g/mol. The van der Waals surface area contributed by atoms with E-state index in [1.807, 2.05) is 19.9 Å². The summed E-state index contributed by atoms with van der Waals surface area (Å²) in [6.45, 7) is 11.0. The largest absolute Gasteiger partial charge is 0.508 e. The molecule has 23 heavy (non-hydrogen) atoms. The van der Waals surface area contributed by atoms with Crippen molar-refractivity contribution in [3.8, 4) is 5.75 Å². The second-order valence-corrected chi connectivity index (χ2v) is 9.57. The van der Waals surface area contributed by atoms with Crippen LogP contribution in [-0.2, 0) is 5.41 Å². The van der Waals surface area contributed by atoms with Gasteiger partial charge in [-0.05, 0) is 47.1 Å². The molecule has 2 nitrogen and oxygen atoms in total. The first-order valence-electron chi connectivity index (χ1n) is 8.66. The average molecular weight is 379 g/mol. The lowest BCUT2D eigenvalue weighted by molar-refractivity contribution is 0.0418. The minimum absolute atomic E-state index is 0.0174. The summed E-state index contributed by atoms with van der Waals surface area (Å²) in [5, 5.41) is 10.4. The number of halogens is 1. The van der Waals surface area contributed by atoms with Gasteiger partial charge in [-0.3, -0.25) is 4.79 Å². The Morgan fingerprint density at radius 1 is 1.22 bits per heavy atom. The molecule has 1 aromatic carbocycles. The Labute approximate surface area is 147 Å². The molecule has 1 fully saturated rings. The van der Waals surface area contributed by atoms with Crippen LogP contribution in [0.3, 0.4) is 0 Å². The third-order valence-electron chi connectivity index (χ3n) is 6.25. The summed E-state index contributed by atoms with van der Waals surface area (Å²) in [5.41, 5.74) is 2.86. The molecular formula is C20H27BrO2. The van der Waals surface area contributed by atoms with Crippen LogP contribution in [0.2, 0.25) is 0 Å². The van der Waals surface area contributed by atoms with E-state index in [1.54, 1.807) is 6.07 Å². The third kappa shape index (κ3) is 2.30. The summed E-state index contributed by atoms with van der Waals surface area (Å²) in [7, 11) is 0. The van der Waals surface area contributed by atoms with Gasteiger partial charge in [-0.15, -0.1) is 0 Å². The average Bonchev–Trinajstić information content (AvgIpc) is 2.42. The number of aromatic hydroxyl groups is 1. The minimum Gasteiger partial charge on any atom is -0.508 e. The Morgan fingerprint density at radius 2 is 1.87 bits per heavy atom. The van der Waals surface area contributed by atoms with Gasteiger partial charge in [-0.1, -0.05) is 63.0 Å². The van der Waals surface area contributed by atoms with Gasteiger partial charge in [0, 0.05) is 11.1 Å². The molecule has 3 rings (SSSR count). The highest BCUT2D eigenvalue weighted by Crippen LogP contribution is 2.59. The lowest BCUT2D eigenvalue weighted by atomic mass is 9.49. The molecule has 2 aliphatic carbocycles. The Bertz CT molecular complexity index is 662. The fourth-order valence-corrected chi connectivity index (χ4v) is 6.86. The molecule has 2 aliphatic rings. The standard InChI is InChI=1S/C20H27BrO2/c1-11(2)14-13(22)8-7-12-15(14)17(23)16(21)18-19(3,4)9-6-10-20(12,18)5/h7-8,11,16,18,22H,6,9-10H2,1-5H3. The van der Waals surface area contributed by atoms with Gasteiger partial charge in [0.2, 0.25) is 0 Å². The fraction of sp³-hybridized carbons (Fsp3) is 0.650. The molecular weight excluding hydrogens is 352 g/mol. The highest BCUT2D eigenvalue weighted by Gasteiger charge is 2.56. The van der Waals surface area contributed by atoms with Crippen LogP contribution < -0.4 is 0 Å². The van der Waals surface area contributed by atoms with E-state index in [9.17, 15) is 9.90 Å². The number of carbonyl (C=O) groups is 1. The molecule has 0 heterocycles. The van der Waals surface area contributed by atoms with Crippen LogP contribution in [0.4, 0.5) is 0 Å². The Hall–Kier alpha value is -0.830. The summed E-state index contributed by atoms with van der Waals surface area (Å²) in [6.07, 6.45) is 3.45. The molecule has 126 valence electrons. The maximum absolute atomic E-state index is 13.2. The van der Waals surface area contributed by atoms with Crippen LogP contribution in [0.1, 0.15) is 81.3 Å². The number of benzene rings is 1. The number of phenolic OH excluding ortho intramolecular Hbond substituents is 1. The smallest absolute Gasteiger partial charge is 0.177 e. The van der Waals surface area contributed by atoms with Crippen molar-refractivity contribution >= 4 is 21.7 Å². The maximum atomic E-state index is 13.2. The fourth-order valence-electron chi connectivity index (χ4n) is 5.33. The van der Waals surface area contributed by atoms with Crippen molar-refractivity contribution in [2.45, 2.75) is 70.0 Å². The van der Waals surface area contributed by atoms with Gasteiger partial charge in [0.05, 0.1) is 4.83 Å². The Kier molecular flexibility index (Phi) is 3.95. The highest BCUT2D eigenvalue weighted by molar-refractivity contribution is 9.10. The molecule has 0 bridgehead atoms. The molecule has 0 radical (unpaired) electrons. The summed E-state index contributed by atoms with van der Waals surface area (Å²) in [6, 6.07) is 3.79. The number of phenols is 1. The van der Waals surface area contributed by atoms with Crippen LogP contribution >= 0.6 is 15.9 Å². The van der Waals surface area contributed by atoms with E-state index in [2.05, 4.69) is 36.7 Å². The van der Waals surface area contributed by atoms with Crippen molar-refractivity contribution in [3.63, 3.8) is 0 Å². The molecule has 1 saturated carbocycles. The predicted octanol–water partition coefficient (Wildman–Crippen LogP) is 5.56. The van der Waals surface area contributed by atoms with Crippen molar-refractivity contribution in [2.75, 3.05) is 0 Å². The number of hydrogen-bond donors (Lipinski definition) is 1. The second kappa shape index (κ2) is 5.34. The minimum atomic E-state index is -0.172. The molecule has 1 aromatic rings. The van der Waals surface area contributed by atoms with Crippen molar-refractivity contribution in [3.05, 3.63) is 28.8 Å². The quantitative estimate of drug-likeness (QED) is 0.649. The van der Waals surface area contributed by atoms with Crippen molar-refractivity contribution in [1.29, 1.82) is 0 Å². The van der Waals surface area contributed by atoms with Gasteiger partial charge < -0.3 is 5.11 Å². The van der Waals surface area contributed by atoms with Crippen LogP contribution in [0.5, 0.6) is 5.75 Å². The van der Waals surface area contributed by atoms with Crippen molar-refractivity contribution in [1.82, 2.24) is 0 Å². The third-order valence-corrected chi connectivity index (χ3v) is 7.19. The van der Waals surface area contributed by atoms with Gasteiger partial charge in [0.1, 0.15) is 5.75 Å². The van der Waals surface area contributed by atoms with Crippen LogP contribution in [0.15, 0.2) is 12.1 Å². The second-order valence-electron chi connectivity index (χ2n) is 8.58. The summed E-state index contributed by atoms with van der Waals surface area (Å²) >= 11 is 3.75. The number of rotatable bonds is 1. The van der Waals surface area contributed by atoms with Crippen molar-refractivity contribution in [2.24, 2.45) is 11.3 Å². The summed E-state index contributed by atoms with van der Waals surface area (Å²) in [4.78, 5) is 13.0. The lowest BCUT2D eigenvalue weighted by Crippen LogP contribution is -2.55. The topological polar surface area (TPSA) is 37.3 Å². The van der Waals surface area contributed by atoms with E-state index in [0.29, 0.717) is 0 Å². The number of carbonyl (C=O) groups excluding carboxylic acids is 1. The van der Waals surface area contributed by atoms with E-state index in [4.69, 9.17) is 0 Å². The van der Waals surface area contributed by atoms with Gasteiger partial charge in [-0.25, -0.2) is 0 Å². The predicted molar refractivity (Wildman–Crippen MR) is 97.7 cm³/mol. The first-order valence-corrected chi connectivity index (χ1v) is 9.57. The van der Waals surface area contributed by atoms with Gasteiger partial charge >= 0.3 is 0 Å². The maximum Gasteiger partial charge on any atom is 0.177 e. The van der Waals surface area contributed by atoms with E-state index >= 15 is 0 Å². The number of hydrogen-bond acceptors (Lipinski definition) is 2. The molecule has 0 aromatic heterocycles. The first kappa shape index (κ1) is 17.0. The molecule has 1 N–H and O–H groups in total. The number of Topliss-reactive ketones (excluding diaryl/α,β-unsaturated/α-hetero) is 1. The van der Waals surface area contributed by atoms with Gasteiger partial charge in [-0.2, -0.15) is 0 Å². The van der Waals surface area contributed by atoms with Crippen LogP contribution in [-0.4, -0.2) is 15.7 Å². The molecule has 3 unspecified atom stereocenters. The zero-order chi connectivity index (χ0) is 17.2. The molecule has 3 atom stereocenters. The van der Waals surface area contributed by atoms with Crippen LogP contribution in [0, 0.1) is 11.3 Å².